The summed E-state index contributed by atoms with van der Waals surface area (Å²) in [6.45, 7) is 2.40. The van der Waals surface area contributed by atoms with Gasteiger partial charge in [0.1, 0.15) is 0 Å². The quantitative estimate of drug-likeness (QED) is 0.0611. The minimum Gasteiger partial charge on any atom is -0.466 e. The van der Waals surface area contributed by atoms with E-state index in [-0.39, 0.29) is 5.97 Å². The lowest BCUT2D eigenvalue weighted by Crippen LogP contribution is -2.40. The highest BCUT2D eigenvalue weighted by Crippen LogP contribution is 2.45. The molecule has 0 aromatic heterocycles. The van der Waals surface area contributed by atoms with Gasteiger partial charge in [-0.25, -0.2) is 0 Å². The van der Waals surface area contributed by atoms with E-state index < -0.39 is 0 Å². The van der Waals surface area contributed by atoms with Crippen molar-refractivity contribution < 1.29 is 9.53 Å². The largest absolute Gasteiger partial charge is 0.466 e. The van der Waals surface area contributed by atoms with Crippen LogP contribution in [0.15, 0.2) is 0 Å². The zero-order chi connectivity index (χ0) is 27.1. The van der Waals surface area contributed by atoms with Crippen LogP contribution in [0.4, 0.5) is 0 Å². The highest BCUT2D eigenvalue weighted by molar-refractivity contribution is 5.69. The van der Waals surface area contributed by atoms with Crippen LogP contribution in [-0.4, -0.2) is 56.7 Å². The number of carbonyl (C=O) groups excluding carboxylic acids is 1. The van der Waals surface area contributed by atoms with Crippen LogP contribution in [0.3, 0.4) is 0 Å². The maximum atomic E-state index is 11.4. The Labute approximate surface area is 232 Å². The van der Waals surface area contributed by atoms with E-state index in [1.807, 2.05) is 6.92 Å². The van der Waals surface area contributed by atoms with Crippen molar-refractivity contribution in [2.45, 2.75) is 161 Å². The number of carbonyl (C=O) groups is 1. The molecule has 0 radical (unpaired) electrons. The number of ether oxygens (including phenoxy) is 1. The van der Waals surface area contributed by atoms with Gasteiger partial charge < -0.3 is 4.74 Å². The molecule has 0 aromatic rings. The Morgan fingerprint density at radius 2 is 1.00 bits per heavy atom. The molecule has 0 aliphatic heterocycles. The molecule has 4 heteroatoms. The Morgan fingerprint density at radius 1 is 0.622 bits per heavy atom. The maximum Gasteiger partial charge on any atom is 0.305 e. The van der Waals surface area contributed by atoms with E-state index in [1.54, 1.807) is 0 Å². The van der Waals surface area contributed by atoms with Gasteiger partial charge in [0.05, 0.1) is 12.8 Å². The van der Waals surface area contributed by atoms with Crippen molar-refractivity contribution in [1.29, 1.82) is 0 Å². The lowest BCUT2D eigenvalue weighted by molar-refractivity contribution is -0.143. The Kier molecular flexibility index (Phi) is 21.7. The van der Waals surface area contributed by atoms with Gasteiger partial charge in [-0.1, -0.05) is 116 Å². The van der Waals surface area contributed by atoms with Gasteiger partial charge in [-0.3, -0.25) is 14.6 Å². The van der Waals surface area contributed by atoms with Crippen molar-refractivity contribution in [3.63, 3.8) is 0 Å². The molecule has 1 aliphatic carbocycles. The first-order valence-corrected chi connectivity index (χ1v) is 16.4. The standard InChI is InChI=1S/C33H66N2O2/c1-6-37-33(36)28-24-26-31-29-30(31)25-22-20-18-16-14-12-10-8-7-9-11-13-15-17-19-21-23-27-32(34(2)3)35(4)5/h30-32H,6-29H2,1-5H3. The summed E-state index contributed by atoms with van der Waals surface area (Å²) < 4.78 is 5.01. The number of esters is 1. The summed E-state index contributed by atoms with van der Waals surface area (Å²) in [5.41, 5.74) is 0. The molecule has 0 saturated heterocycles. The summed E-state index contributed by atoms with van der Waals surface area (Å²) in [6, 6.07) is 0. The number of hydrogen-bond donors (Lipinski definition) is 0. The lowest BCUT2D eigenvalue weighted by atomic mass is 10.0. The molecule has 1 rings (SSSR count). The van der Waals surface area contributed by atoms with Crippen molar-refractivity contribution in [3.05, 3.63) is 0 Å². The van der Waals surface area contributed by atoms with Gasteiger partial charge in [0.2, 0.25) is 0 Å². The van der Waals surface area contributed by atoms with Crippen LogP contribution in [0, 0.1) is 11.8 Å². The van der Waals surface area contributed by atoms with Crippen LogP contribution < -0.4 is 0 Å². The second kappa shape index (κ2) is 23.3. The van der Waals surface area contributed by atoms with E-state index in [2.05, 4.69) is 38.0 Å². The summed E-state index contributed by atoms with van der Waals surface area (Å²) in [7, 11) is 8.77. The smallest absolute Gasteiger partial charge is 0.305 e. The summed E-state index contributed by atoms with van der Waals surface area (Å²) in [4.78, 5) is 16.1. The molecule has 37 heavy (non-hydrogen) atoms. The molecule has 1 aliphatic rings. The topological polar surface area (TPSA) is 32.8 Å². The second-order valence-corrected chi connectivity index (χ2v) is 12.4. The van der Waals surface area contributed by atoms with Crippen molar-refractivity contribution in [2.24, 2.45) is 11.8 Å². The summed E-state index contributed by atoms with van der Waals surface area (Å²) >= 11 is 0. The van der Waals surface area contributed by atoms with Crippen molar-refractivity contribution in [3.8, 4) is 0 Å². The predicted octanol–water partition coefficient (Wildman–Crippen LogP) is 9.22. The van der Waals surface area contributed by atoms with Crippen LogP contribution >= 0.6 is 0 Å². The van der Waals surface area contributed by atoms with Gasteiger partial charge in [-0.15, -0.1) is 0 Å². The van der Waals surface area contributed by atoms with E-state index in [4.69, 9.17) is 4.74 Å². The first kappa shape index (κ1) is 34.4. The number of rotatable bonds is 27. The molecule has 4 nitrogen and oxygen atoms in total. The van der Waals surface area contributed by atoms with Crippen LogP contribution in [0.5, 0.6) is 0 Å². The van der Waals surface area contributed by atoms with Crippen molar-refractivity contribution in [1.82, 2.24) is 9.80 Å². The minimum absolute atomic E-state index is 0.0126. The maximum absolute atomic E-state index is 11.4. The Hall–Kier alpha value is -0.610. The van der Waals surface area contributed by atoms with Crippen LogP contribution in [0.2, 0.25) is 0 Å². The third-order valence-corrected chi connectivity index (χ3v) is 8.56. The highest BCUT2D eigenvalue weighted by atomic mass is 16.5. The van der Waals surface area contributed by atoms with Gasteiger partial charge >= 0.3 is 5.97 Å². The van der Waals surface area contributed by atoms with Crippen LogP contribution in [0.25, 0.3) is 0 Å². The molecule has 0 amide bonds. The molecule has 2 unspecified atom stereocenters. The fourth-order valence-electron chi connectivity index (χ4n) is 6.12. The molecule has 0 spiro atoms. The zero-order valence-electron chi connectivity index (χ0n) is 25.9. The van der Waals surface area contributed by atoms with Gasteiger partial charge in [0.25, 0.3) is 0 Å². The third-order valence-electron chi connectivity index (χ3n) is 8.56. The number of nitrogens with zero attached hydrogens (tertiary/aromatic N) is 2. The summed E-state index contributed by atoms with van der Waals surface area (Å²) in [5, 5.41) is 0. The highest BCUT2D eigenvalue weighted by Gasteiger charge is 2.35. The van der Waals surface area contributed by atoms with Crippen molar-refractivity contribution >= 4 is 5.97 Å². The van der Waals surface area contributed by atoms with E-state index in [9.17, 15) is 4.79 Å². The Balaban J connectivity index is 1.72. The molecule has 220 valence electrons. The van der Waals surface area contributed by atoms with E-state index in [0.717, 1.165) is 18.3 Å². The summed E-state index contributed by atoms with van der Waals surface area (Å²) in [5.74, 6) is 1.87. The van der Waals surface area contributed by atoms with Gasteiger partial charge in [0.15, 0.2) is 0 Å². The first-order chi connectivity index (χ1) is 18.0. The second-order valence-electron chi connectivity index (χ2n) is 12.4. The Morgan fingerprint density at radius 3 is 1.41 bits per heavy atom. The third kappa shape index (κ3) is 20.0. The molecule has 0 N–H and O–H groups in total. The number of unbranched alkanes of at least 4 members (excludes halogenated alkanes) is 16. The van der Waals surface area contributed by atoms with Gasteiger partial charge in [-0.05, 0) is 72.6 Å². The normalized spacial score (nSPS) is 17.3. The van der Waals surface area contributed by atoms with Gasteiger partial charge in [0, 0.05) is 6.42 Å². The van der Waals surface area contributed by atoms with E-state index >= 15 is 0 Å². The summed E-state index contributed by atoms with van der Waals surface area (Å²) in [6.07, 6.45) is 32.0. The van der Waals surface area contributed by atoms with Crippen molar-refractivity contribution in [2.75, 3.05) is 34.8 Å². The molecular formula is C33H66N2O2. The fourth-order valence-corrected chi connectivity index (χ4v) is 6.12. The van der Waals surface area contributed by atoms with Crippen LogP contribution in [0.1, 0.15) is 155 Å². The monoisotopic (exact) mass is 523 g/mol. The average molecular weight is 523 g/mol. The average Bonchev–Trinajstić information content (AvgIpc) is 3.60. The Bertz CT molecular complexity index is 514. The molecule has 2 atom stereocenters. The predicted molar refractivity (Wildman–Crippen MR) is 161 cm³/mol. The first-order valence-electron chi connectivity index (χ1n) is 16.4. The zero-order valence-corrected chi connectivity index (χ0v) is 25.9. The van der Waals surface area contributed by atoms with E-state index in [1.165, 1.54) is 135 Å². The molecule has 0 aromatic carbocycles. The van der Waals surface area contributed by atoms with Gasteiger partial charge in [-0.2, -0.15) is 0 Å². The molecule has 0 heterocycles. The minimum atomic E-state index is -0.0126. The fraction of sp³-hybridized carbons (Fsp3) is 0.970. The SMILES string of the molecule is CCOC(=O)CCCC1CC1CCCCCCCCCCCCCCCCCCCC(N(C)C)N(C)C. The lowest BCUT2D eigenvalue weighted by Gasteiger charge is -2.30. The molecule has 0 bridgehead atoms. The molecule has 1 saturated carbocycles. The van der Waals surface area contributed by atoms with E-state index in [0.29, 0.717) is 19.2 Å². The molecule has 1 fully saturated rings. The molecular weight excluding hydrogens is 456 g/mol. The van der Waals surface area contributed by atoms with Crippen LogP contribution in [-0.2, 0) is 9.53 Å². The number of hydrogen-bond acceptors (Lipinski definition) is 4.